The van der Waals surface area contributed by atoms with E-state index >= 15 is 0 Å². The topological polar surface area (TPSA) is 117 Å². The molecule has 2 unspecified atom stereocenters. The quantitative estimate of drug-likeness (QED) is 0.297. The molecule has 3 aromatic carbocycles. The van der Waals surface area contributed by atoms with Gasteiger partial charge in [-0.25, -0.2) is 4.79 Å². The van der Waals surface area contributed by atoms with Crippen molar-refractivity contribution in [2.75, 3.05) is 18.6 Å². The van der Waals surface area contributed by atoms with Gasteiger partial charge < -0.3 is 25.7 Å². The Kier molecular flexibility index (Phi) is 6.18. The molecule has 0 bridgehead atoms. The van der Waals surface area contributed by atoms with E-state index in [4.69, 9.17) is 10.6 Å². The lowest BCUT2D eigenvalue weighted by Gasteiger charge is -2.19. The zero-order valence-electron chi connectivity index (χ0n) is 16.9. The van der Waals surface area contributed by atoms with E-state index in [0.29, 0.717) is 11.3 Å². The number of rotatable bonds is 7. The number of carbonyl (C=O) groups is 1. The number of fused-ring (bicyclic) bond motifs is 3. The molecule has 0 fully saturated rings. The molecular formula is C24H25N3O4. The third kappa shape index (κ3) is 4.39. The highest BCUT2D eigenvalue weighted by Gasteiger charge is 2.29. The van der Waals surface area contributed by atoms with Crippen LogP contribution in [0.3, 0.4) is 0 Å². The van der Waals surface area contributed by atoms with Crippen molar-refractivity contribution in [1.82, 2.24) is 5.32 Å². The number of amides is 1. The molecule has 2 atom stereocenters. The van der Waals surface area contributed by atoms with Gasteiger partial charge in [0.05, 0.1) is 0 Å². The molecule has 0 saturated carbocycles. The summed E-state index contributed by atoms with van der Waals surface area (Å²) in [7, 11) is 0. The summed E-state index contributed by atoms with van der Waals surface area (Å²) in [5.41, 5.74) is 8.25. The van der Waals surface area contributed by atoms with E-state index < -0.39 is 18.3 Å². The Hall–Kier alpha value is -3.39. The van der Waals surface area contributed by atoms with Crippen LogP contribution in [0.25, 0.3) is 11.1 Å². The second-order valence-electron chi connectivity index (χ2n) is 7.48. The number of benzene rings is 3. The molecule has 4 rings (SSSR count). The highest BCUT2D eigenvalue weighted by molar-refractivity contribution is 5.79. The van der Waals surface area contributed by atoms with Gasteiger partial charge in [0.1, 0.15) is 18.8 Å². The van der Waals surface area contributed by atoms with Crippen molar-refractivity contribution in [1.29, 1.82) is 0 Å². The molecule has 1 aliphatic rings. The van der Waals surface area contributed by atoms with Gasteiger partial charge in [-0.05, 0) is 39.9 Å². The molecule has 160 valence electrons. The van der Waals surface area contributed by atoms with Crippen LogP contribution in [0.1, 0.15) is 28.7 Å². The van der Waals surface area contributed by atoms with Crippen LogP contribution >= 0.6 is 0 Å². The molecular weight excluding hydrogens is 394 g/mol. The minimum absolute atomic E-state index is 0.0386. The molecule has 7 nitrogen and oxygen atoms in total. The predicted molar refractivity (Wildman–Crippen MR) is 118 cm³/mol. The Bertz CT molecular complexity index is 1010. The number of nitrogen functional groups attached to an aromatic ring is 1. The van der Waals surface area contributed by atoms with Gasteiger partial charge >= 0.3 is 6.09 Å². The predicted octanol–water partition coefficient (Wildman–Crippen LogP) is 2.91. The highest BCUT2D eigenvalue weighted by atomic mass is 16.5. The first kappa shape index (κ1) is 20.9. The third-order valence-corrected chi connectivity index (χ3v) is 5.58. The molecule has 7 heteroatoms. The van der Waals surface area contributed by atoms with Crippen molar-refractivity contribution >= 4 is 11.8 Å². The van der Waals surface area contributed by atoms with Gasteiger partial charge in [0.15, 0.2) is 0 Å². The average Bonchev–Trinajstić information content (AvgIpc) is 3.14. The fourth-order valence-electron chi connectivity index (χ4n) is 3.95. The van der Waals surface area contributed by atoms with E-state index in [9.17, 15) is 15.0 Å². The summed E-state index contributed by atoms with van der Waals surface area (Å²) in [4.78, 5) is 12.2. The fraction of sp³-hybridized carbons (Fsp3) is 0.208. The number of nitrogens with one attached hydrogen (secondary N) is 2. The van der Waals surface area contributed by atoms with Crippen molar-refractivity contribution < 1.29 is 19.7 Å². The maximum absolute atomic E-state index is 12.2. The van der Waals surface area contributed by atoms with Crippen LogP contribution in [0.15, 0.2) is 72.8 Å². The van der Waals surface area contributed by atoms with E-state index in [-0.39, 0.29) is 19.1 Å². The second kappa shape index (κ2) is 9.18. The summed E-state index contributed by atoms with van der Waals surface area (Å²) in [5.74, 6) is 5.28. The lowest BCUT2D eigenvalue weighted by atomic mass is 9.98. The molecule has 0 heterocycles. The molecule has 0 saturated heterocycles. The molecule has 1 amide bonds. The number of aliphatic hydroxyl groups excluding tert-OH is 2. The number of nitrogens with two attached hydrogens (primary N) is 1. The summed E-state index contributed by atoms with van der Waals surface area (Å²) >= 11 is 0. The maximum Gasteiger partial charge on any atom is 0.407 e. The van der Waals surface area contributed by atoms with Crippen molar-refractivity contribution in [3.8, 4) is 11.1 Å². The minimum Gasteiger partial charge on any atom is -0.449 e. The molecule has 0 aliphatic heterocycles. The van der Waals surface area contributed by atoms with Crippen LogP contribution < -0.4 is 16.6 Å². The average molecular weight is 419 g/mol. The number of carbonyl (C=O) groups excluding carboxylic acids is 1. The van der Waals surface area contributed by atoms with Gasteiger partial charge in [0.25, 0.3) is 0 Å². The van der Waals surface area contributed by atoms with Crippen LogP contribution in [-0.4, -0.2) is 35.6 Å². The smallest absolute Gasteiger partial charge is 0.407 e. The minimum atomic E-state index is -1.18. The van der Waals surface area contributed by atoms with E-state index in [1.807, 2.05) is 36.4 Å². The Morgan fingerprint density at radius 1 is 0.935 bits per heavy atom. The van der Waals surface area contributed by atoms with E-state index in [1.165, 1.54) is 0 Å². The molecule has 6 N–H and O–H groups in total. The molecule has 31 heavy (non-hydrogen) atoms. The van der Waals surface area contributed by atoms with Crippen molar-refractivity contribution in [2.24, 2.45) is 5.84 Å². The van der Waals surface area contributed by atoms with Crippen molar-refractivity contribution in [2.45, 2.75) is 18.1 Å². The van der Waals surface area contributed by atoms with Crippen LogP contribution in [0.4, 0.5) is 10.5 Å². The first-order valence-electron chi connectivity index (χ1n) is 10.1. The zero-order valence-corrected chi connectivity index (χ0v) is 16.9. The molecule has 1 aliphatic carbocycles. The number of alkyl carbamates (subject to hydrolysis) is 1. The van der Waals surface area contributed by atoms with Crippen molar-refractivity contribution in [3.05, 3.63) is 89.5 Å². The fourth-order valence-corrected chi connectivity index (χ4v) is 3.95. The third-order valence-electron chi connectivity index (χ3n) is 5.58. The van der Waals surface area contributed by atoms with E-state index in [0.717, 1.165) is 22.3 Å². The number of aliphatic hydroxyl groups is 2. The number of hydrogen-bond acceptors (Lipinski definition) is 6. The van der Waals surface area contributed by atoms with Crippen LogP contribution in [0, 0.1) is 0 Å². The number of anilines is 1. The summed E-state index contributed by atoms with van der Waals surface area (Å²) in [6, 6.07) is 22.9. The van der Waals surface area contributed by atoms with Gasteiger partial charge in [-0.3, -0.25) is 5.84 Å². The first-order valence-corrected chi connectivity index (χ1v) is 10.1. The summed E-state index contributed by atoms with van der Waals surface area (Å²) in [5, 5.41) is 23.0. The summed E-state index contributed by atoms with van der Waals surface area (Å²) < 4.78 is 5.44. The normalized spacial score (nSPS) is 14.3. The molecule has 3 aromatic rings. The van der Waals surface area contributed by atoms with Crippen molar-refractivity contribution in [3.63, 3.8) is 0 Å². The van der Waals surface area contributed by atoms with Crippen LogP contribution in [0.5, 0.6) is 0 Å². The number of hydrogen-bond donors (Lipinski definition) is 5. The SMILES string of the molecule is NNc1ccc(C(O)C(O)CNC(=O)OCC2c3ccccc3-c3ccccc32)cc1. The molecule has 0 aromatic heterocycles. The largest absolute Gasteiger partial charge is 0.449 e. The first-order chi connectivity index (χ1) is 15.1. The summed E-state index contributed by atoms with van der Waals surface area (Å²) in [6.45, 7) is 0.0425. The monoisotopic (exact) mass is 419 g/mol. The van der Waals surface area contributed by atoms with Crippen LogP contribution in [-0.2, 0) is 4.74 Å². The Balaban J connectivity index is 1.32. The zero-order chi connectivity index (χ0) is 21.8. The lowest BCUT2D eigenvalue weighted by molar-refractivity contribution is 0.0185. The highest BCUT2D eigenvalue weighted by Crippen LogP contribution is 2.44. The second-order valence-corrected chi connectivity index (χ2v) is 7.48. The number of hydrazine groups is 1. The van der Waals surface area contributed by atoms with Gasteiger partial charge in [-0.2, -0.15) is 0 Å². The van der Waals surface area contributed by atoms with Crippen LogP contribution in [0.2, 0.25) is 0 Å². The number of ether oxygens (including phenoxy) is 1. The van der Waals surface area contributed by atoms with E-state index in [2.05, 4.69) is 22.9 Å². The van der Waals surface area contributed by atoms with Gasteiger partial charge in [0.2, 0.25) is 0 Å². The summed E-state index contributed by atoms with van der Waals surface area (Å²) in [6.07, 6.45) is -2.98. The Morgan fingerprint density at radius 2 is 1.52 bits per heavy atom. The molecule has 0 spiro atoms. The van der Waals surface area contributed by atoms with Gasteiger partial charge in [-0.1, -0.05) is 60.7 Å². The Labute approximate surface area is 180 Å². The van der Waals surface area contributed by atoms with Gasteiger partial charge in [0, 0.05) is 18.2 Å². The lowest BCUT2D eigenvalue weighted by Crippen LogP contribution is -2.36. The Morgan fingerprint density at radius 3 is 2.10 bits per heavy atom. The standard InChI is InChI=1S/C24H25N3O4/c25-27-16-11-9-15(10-12-16)23(29)22(28)13-26-24(30)31-14-21-19-7-3-1-5-17(19)18-6-2-4-8-20(18)21/h1-12,21-23,27-29H,13-14,25H2,(H,26,30). The van der Waals surface area contributed by atoms with E-state index in [1.54, 1.807) is 24.3 Å². The maximum atomic E-state index is 12.2. The van der Waals surface area contributed by atoms with Gasteiger partial charge in [-0.15, -0.1) is 0 Å². The molecule has 0 radical (unpaired) electrons.